The summed E-state index contributed by atoms with van der Waals surface area (Å²) < 4.78 is 5.54. The molecule has 4 heterocycles. The van der Waals surface area contributed by atoms with Crippen LogP contribution in [0.1, 0.15) is 51.9 Å². The summed E-state index contributed by atoms with van der Waals surface area (Å²) >= 11 is 0. The molecule has 0 aromatic rings. The van der Waals surface area contributed by atoms with E-state index < -0.39 is 5.54 Å². The number of nitrogens with one attached hydrogen (secondary N) is 1. The van der Waals surface area contributed by atoms with Gasteiger partial charge in [-0.1, -0.05) is 6.92 Å². The molecule has 4 aliphatic rings. The molecular weight excluding hydrogens is 360 g/mol. The number of amides is 4. The predicted octanol–water partition coefficient (Wildman–Crippen LogP) is 0.953. The quantitative estimate of drug-likeness (QED) is 0.721. The minimum Gasteiger partial charge on any atom is -0.368 e. The number of rotatable bonds is 4. The Labute approximate surface area is 166 Å². The fraction of sp³-hybridized carbons (Fsp3) is 0.850. The number of hydrogen-bond acceptors (Lipinski definition) is 5. The SMILES string of the molecule is CCCN1CCC2(CC1)NC(=O)N([C@H]1CCCN(C(=O)[C@@H]3CCCO3)C1)C2=O. The van der Waals surface area contributed by atoms with E-state index in [-0.39, 0.29) is 30.0 Å². The molecule has 4 saturated heterocycles. The Morgan fingerprint density at radius 1 is 1.18 bits per heavy atom. The van der Waals surface area contributed by atoms with Gasteiger partial charge in [0.05, 0.1) is 6.04 Å². The number of urea groups is 1. The summed E-state index contributed by atoms with van der Waals surface area (Å²) in [6.07, 6.45) is 5.31. The topological polar surface area (TPSA) is 82.2 Å². The van der Waals surface area contributed by atoms with Crippen molar-refractivity contribution in [1.82, 2.24) is 20.0 Å². The molecule has 4 rings (SSSR count). The average Bonchev–Trinajstić information content (AvgIpc) is 3.31. The molecule has 0 saturated carbocycles. The van der Waals surface area contributed by atoms with Crippen molar-refractivity contribution in [2.75, 3.05) is 39.3 Å². The predicted molar refractivity (Wildman–Crippen MR) is 103 cm³/mol. The first kappa shape index (κ1) is 19.6. The zero-order chi connectivity index (χ0) is 19.7. The third-order valence-corrected chi connectivity index (χ3v) is 6.72. The largest absolute Gasteiger partial charge is 0.368 e. The van der Waals surface area contributed by atoms with Gasteiger partial charge in [0.2, 0.25) is 0 Å². The van der Waals surface area contributed by atoms with Crippen LogP contribution in [0.5, 0.6) is 0 Å². The van der Waals surface area contributed by atoms with Gasteiger partial charge in [-0.25, -0.2) is 4.79 Å². The van der Waals surface area contributed by atoms with Crippen molar-refractivity contribution in [2.24, 2.45) is 0 Å². The monoisotopic (exact) mass is 392 g/mol. The number of imide groups is 1. The zero-order valence-corrected chi connectivity index (χ0v) is 16.8. The molecule has 8 heteroatoms. The van der Waals surface area contributed by atoms with Crippen LogP contribution >= 0.6 is 0 Å². The van der Waals surface area contributed by atoms with Crippen molar-refractivity contribution in [1.29, 1.82) is 0 Å². The van der Waals surface area contributed by atoms with E-state index in [2.05, 4.69) is 17.1 Å². The molecular formula is C20H32N4O4. The minimum atomic E-state index is -0.748. The molecule has 8 nitrogen and oxygen atoms in total. The lowest BCUT2D eigenvalue weighted by Gasteiger charge is -2.39. The van der Waals surface area contributed by atoms with Crippen LogP contribution in [0.15, 0.2) is 0 Å². The highest BCUT2D eigenvalue weighted by Gasteiger charge is 2.54. The molecule has 2 atom stereocenters. The number of carbonyl (C=O) groups excluding carboxylic acids is 3. The second-order valence-electron chi connectivity index (χ2n) is 8.61. The van der Waals surface area contributed by atoms with E-state index in [1.165, 1.54) is 4.90 Å². The third kappa shape index (κ3) is 3.52. The summed E-state index contributed by atoms with van der Waals surface area (Å²) in [5.41, 5.74) is -0.748. The van der Waals surface area contributed by atoms with Gasteiger partial charge in [0.25, 0.3) is 11.8 Å². The Balaban J connectivity index is 1.41. The Morgan fingerprint density at radius 3 is 2.64 bits per heavy atom. The van der Waals surface area contributed by atoms with Gasteiger partial charge in [-0.3, -0.25) is 14.5 Å². The van der Waals surface area contributed by atoms with E-state index in [0.717, 1.165) is 51.7 Å². The normalized spacial score (nSPS) is 30.9. The molecule has 0 aromatic heterocycles. The van der Waals surface area contributed by atoms with Crippen LogP contribution in [0.2, 0.25) is 0 Å². The first-order valence-electron chi connectivity index (χ1n) is 10.8. The Bertz CT molecular complexity index is 626. The van der Waals surface area contributed by atoms with Crippen molar-refractivity contribution in [2.45, 2.75) is 69.6 Å². The number of carbonyl (C=O) groups is 3. The van der Waals surface area contributed by atoms with Crippen LogP contribution in [0, 0.1) is 0 Å². The molecule has 1 N–H and O–H groups in total. The Hall–Kier alpha value is -1.67. The lowest BCUT2D eigenvalue weighted by molar-refractivity contribution is -0.145. The van der Waals surface area contributed by atoms with Gasteiger partial charge in [0.1, 0.15) is 11.6 Å². The fourth-order valence-corrected chi connectivity index (χ4v) is 5.13. The van der Waals surface area contributed by atoms with Crippen LogP contribution < -0.4 is 5.32 Å². The standard InChI is InChI=1S/C20H32N4O4/c1-2-9-22-11-7-20(8-12-22)18(26)24(19(27)21-20)15-5-3-10-23(14-15)17(25)16-6-4-13-28-16/h15-16H,2-14H2,1H3,(H,21,27)/t15-,16-/m0/s1. The highest BCUT2D eigenvalue weighted by molar-refractivity contribution is 6.07. The van der Waals surface area contributed by atoms with Gasteiger partial charge in [0, 0.05) is 32.8 Å². The van der Waals surface area contributed by atoms with Gasteiger partial charge >= 0.3 is 6.03 Å². The minimum absolute atomic E-state index is 0.0110. The molecule has 0 radical (unpaired) electrons. The first-order chi connectivity index (χ1) is 13.5. The summed E-state index contributed by atoms with van der Waals surface area (Å²) in [7, 11) is 0. The molecule has 1 spiro atoms. The van der Waals surface area contributed by atoms with Crippen molar-refractivity contribution in [3.8, 4) is 0 Å². The van der Waals surface area contributed by atoms with E-state index in [9.17, 15) is 14.4 Å². The molecule has 0 unspecified atom stereocenters. The number of likely N-dealkylation sites (tertiary alicyclic amines) is 2. The van der Waals surface area contributed by atoms with Gasteiger partial charge in [-0.05, 0) is 51.5 Å². The highest BCUT2D eigenvalue weighted by Crippen LogP contribution is 2.32. The molecule has 0 aromatic carbocycles. The average molecular weight is 393 g/mol. The maximum Gasteiger partial charge on any atom is 0.325 e. The van der Waals surface area contributed by atoms with Gasteiger partial charge < -0.3 is 19.9 Å². The summed E-state index contributed by atoms with van der Waals surface area (Å²) in [6, 6.07) is -0.523. The molecule has 4 amide bonds. The number of nitrogens with zero attached hydrogens (tertiary/aromatic N) is 3. The van der Waals surface area contributed by atoms with Gasteiger partial charge in [-0.15, -0.1) is 0 Å². The second-order valence-corrected chi connectivity index (χ2v) is 8.61. The third-order valence-electron chi connectivity index (χ3n) is 6.72. The highest BCUT2D eigenvalue weighted by atomic mass is 16.5. The number of piperidine rings is 2. The smallest absolute Gasteiger partial charge is 0.325 e. The first-order valence-corrected chi connectivity index (χ1v) is 10.8. The second kappa shape index (κ2) is 7.99. The van der Waals surface area contributed by atoms with E-state index in [1.54, 1.807) is 4.90 Å². The Morgan fingerprint density at radius 2 is 1.96 bits per heavy atom. The van der Waals surface area contributed by atoms with Gasteiger partial charge in [0.15, 0.2) is 0 Å². The van der Waals surface area contributed by atoms with Crippen molar-refractivity contribution < 1.29 is 19.1 Å². The molecule has 156 valence electrons. The molecule has 28 heavy (non-hydrogen) atoms. The van der Waals surface area contributed by atoms with Crippen LogP contribution in [-0.4, -0.2) is 89.6 Å². The van der Waals surface area contributed by atoms with E-state index in [1.807, 2.05) is 0 Å². The van der Waals surface area contributed by atoms with Crippen molar-refractivity contribution in [3.63, 3.8) is 0 Å². The van der Waals surface area contributed by atoms with Crippen LogP contribution in [-0.2, 0) is 14.3 Å². The number of hydrogen-bond donors (Lipinski definition) is 1. The maximum absolute atomic E-state index is 13.3. The summed E-state index contributed by atoms with van der Waals surface area (Å²) in [5, 5.41) is 3.01. The fourth-order valence-electron chi connectivity index (χ4n) is 5.13. The maximum atomic E-state index is 13.3. The van der Waals surface area contributed by atoms with Crippen LogP contribution in [0.3, 0.4) is 0 Å². The molecule has 0 bridgehead atoms. The summed E-state index contributed by atoms with van der Waals surface area (Å²) in [5.74, 6) is -0.0816. The van der Waals surface area contributed by atoms with E-state index in [4.69, 9.17) is 4.74 Å². The van der Waals surface area contributed by atoms with Crippen molar-refractivity contribution in [3.05, 3.63) is 0 Å². The summed E-state index contributed by atoms with van der Waals surface area (Å²) in [4.78, 5) is 44.3. The lowest BCUT2D eigenvalue weighted by atomic mass is 9.87. The van der Waals surface area contributed by atoms with Crippen LogP contribution in [0.4, 0.5) is 4.79 Å². The van der Waals surface area contributed by atoms with E-state index >= 15 is 0 Å². The molecule has 0 aliphatic carbocycles. The lowest BCUT2D eigenvalue weighted by Crippen LogP contribution is -2.57. The number of ether oxygens (including phenoxy) is 1. The Kier molecular flexibility index (Phi) is 5.60. The molecule has 4 aliphatic heterocycles. The van der Waals surface area contributed by atoms with Crippen LogP contribution in [0.25, 0.3) is 0 Å². The van der Waals surface area contributed by atoms with Crippen molar-refractivity contribution >= 4 is 17.8 Å². The summed E-state index contributed by atoms with van der Waals surface area (Å²) in [6.45, 7) is 6.60. The van der Waals surface area contributed by atoms with Gasteiger partial charge in [-0.2, -0.15) is 0 Å². The van der Waals surface area contributed by atoms with E-state index in [0.29, 0.717) is 32.5 Å². The molecule has 4 fully saturated rings. The zero-order valence-electron chi connectivity index (χ0n) is 16.8.